The molecule has 0 aliphatic rings. The summed E-state index contributed by atoms with van der Waals surface area (Å²) in [6, 6.07) is 24.6. The van der Waals surface area contributed by atoms with E-state index in [2.05, 4.69) is 28.1 Å². The van der Waals surface area contributed by atoms with Crippen molar-refractivity contribution >= 4 is 23.2 Å². The van der Waals surface area contributed by atoms with E-state index >= 15 is 0 Å². The maximum atomic E-state index is 12.2. The molecule has 6 heteroatoms. The first-order chi connectivity index (χ1) is 15.1. The SMILES string of the molecule is CCNC(=O)c1cccc(NC(=O)CNc2ccc(OCCc3ccccc3)cc2)c1. The lowest BCUT2D eigenvalue weighted by molar-refractivity contribution is -0.114. The molecule has 0 saturated heterocycles. The first-order valence-corrected chi connectivity index (χ1v) is 10.3. The number of benzene rings is 3. The monoisotopic (exact) mass is 417 g/mol. The Bertz CT molecular complexity index is 988. The molecule has 0 aromatic heterocycles. The van der Waals surface area contributed by atoms with E-state index in [1.54, 1.807) is 24.3 Å². The van der Waals surface area contributed by atoms with Gasteiger partial charge in [0, 0.05) is 29.9 Å². The summed E-state index contributed by atoms with van der Waals surface area (Å²) in [4.78, 5) is 24.1. The Balaban J connectivity index is 1.43. The normalized spacial score (nSPS) is 10.2. The Morgan fingerprint density at radius 3 is 2.39 bits per heavy atom. The van der Waals surface area contributed by atoms with E-state index in [0.29, 0.717) is 24.4 Å². The molecule has 3 aromatic rings. The first-order valence-electron chi connectivity index (χ1n) is 10.3. The quantitative estimate of drug-likeness (QED) is 0.464. The highest BCUT2D eigenvalue weighted by Gasteiger charge is 2.07. The van der Waals surface area contributed by atoms with Crippen LogP contribution in [0.15, 0.2) is 78.9 Å². The molecule has 0 heterocycles. The predicted molar refractivity (Wildman–Crippen MR) is 124 cm³/mol. The van der Waals surface area contributed by atoms with E-state index in [1.807, 2.05) is 49.4 Å². The van der Waals surface area contributed by atoms with E-state index in [4.69, 9.17) is 4.74 Å². The summed E-state index contributed by atoms with van der Waals surface area (Å²) in [5.41, 5.74) is 3.15. The van der Waals surface area contributed by atoms with Crippen molar-refractivity contribution in [2.24, 2.45) is 0 Å². The van der Waals surface area contributed by atoms with Crippen LogP contribution < -0.4 is 20.7 Å². The standard InChI is InChI=1S/C25H27N3O3/c1-2-26-25(30)20-9-6-10-22(17-20)28-24(29)18-27-21-11-13-23(14-12-21)31-16-15-19-7-4-3-5-8-19/h3-14,17,27H,2,15-16,18H2,1H3,(H,26,30)(H,28,29). The molecular weight excluding hydrogens is 390 g/mol. The Kier molecular flexibility index (Phi) is 8.05. The number of carbonyl (C=O) groups excluding carboxylic acids is 2. The fraction of sp³-hybridized carbons (Fsp3) is 0.200. The minimum atomic E-state index is -0.198. The average molecular weight is 418 g/mol. The second-order valence-electron chi connectivity index (χ2n) is 6.95. The van der Waals surface area contributed by atoms with Crippen LogP contribution >= 0.6 is 0 Å². The summed E-state index contributed by atoms with van der Waals surface area (Å²) in [7, 11) is 0. The van der Waals surface area contributed by atoms with Gasteiger partial charge < -0.3 is 20.7 Å². The van der Waals surface area contributed by atoms with Crippen LogP contribution in [0, 0.1) is 0 Å². The van der Waals surface area contributed by atoms with E-state index in [-0.39, 0.29) is 18.4 Å². The van der Waals surface area contributed by atoms with Crippen LogP contribution in [0.2, 0.25) is 0 Å². The number of ether oxygens (including phenoxy) is 1. The third-order valence-electron chi connectivity index (χ3n) is 4.56. The number of hydrogen-bond donors (Lipinski definition) is 3. The number of nitrogens with one attached hydrogen (secondary N) is 3. The highest BCUT2D eigenvalue weighted by atomic mass is 16.5. The summed E-state index contributed by atoms with van der Waals surface area (Å²) in [5.74, 6) is 0.423. The average Bonchev–Trinajstić information content (AvgIpc) is 2.80. The zero-order valence-electron chi connectivity index (χ0n) is 17.6. The van der Waals surface area contributed by atoms with Gasteiger partial charge in [0.2, 0.25) is 5.91 Å². The molecule has 0 saturated carbocycles. The zero-order valence-corrected chi connectivity index (χ0v) is 17.6. The van der Waals surface area contributed by atoms with Crippen LogP contribution in [-0.2, 0) is 11.2 Å². The van der Waals surface area contributed by atoms with E-state index in [1.165, 1.54) is 5.56 Å². The summed E-state index contributed by atoms with van der Waals surface area (Å²) < 4.78 is 5.78. The zero-order chi connectivity index (χ0) is 21.9. The van der Waals surface area contributed by atoms with Crippen LogP contribution in [0.3, 0.4) is 0 Å². The van der Waals surface area contributed by atoms with Crippen LogP contribution in [0.25, 0.3) is 0 Å². The van der Waals surface area contributed by atoms with Gasteiger partial charge in [-0.1, -0.05) is 36.4 Å². The predicted octanol–water partition coefficient (Wildman–Crippen LogP) is 4.11. The maximum Gasteiger partial charge on any atom is 0.251 e. The van der Waals surface area contributed by atoms with Gasteiger partial charge in [-0.15, -0.1) is 0 Å². The third kappa shape index (κ3) is 7.19. The van der Waals surface area contributed by atoms with Crippen molar-refractivity contribution < 1.29 is 14.3 Å². The van der Waals surface area contributed by atoms with Gasteiger partial charge in [-0.25, -0.2) is 0 Å². The van der Waals surface area contributed by atoms with Crippen LogP contribution in [-0.4, -0.2) is 31.5 Å². The number of hydrogen-bond acceptors (Lipinski definition) is 4. The number of carbonyl (C=O) groups is 2. The molecule has 0 atom stereocenters. The lowest BCUT2D eigenvalue weighted by atomic mass is 10.2. The molecule has 0 bridgehead atoms. The molecule has 0 aliphatic heterocycles. The highest BCUT2D eigenvalue weighted by Crippen LogP contribution is 2.16. The smallest absolute Gasteiger partial charge is 0.251 e. The minimum absolute atomic E-state index is 0.111. The van der Waals surface area contributed by atoms with Crippen LogP contribution in [0.5, 0.6) is 5.75 Å². The molecule has 0 fully saturated rings. The van der Waals surface area contributed by atoms with Gasteiger partial charge >= 0.3 is 0 Å². The van der Waals surface area contributed by atoms with Crippen molar-refractivity contribution in [1.82, 2.24) is 5.32 Å². The topological polar surface area (TPSA) is 79.5 Å². The molecule has 3 rings (SSSR count). The van der Waals surface area contributed by atoms with Gasteiger partial charge in [0.15, 0.2) is 0 Å². The molecule has 6 nitrogen and oxygen atoms in total. The minimum Gasteiger partial charge on any atom is -0.493 e. The van der Waals surface area contributed by atoms with Crippen molar-refractivity contribution in [3.8, 4) is 5.75 Å². The van der Waals surface area contributed by atoms with Gasteiger partial charge in [-0.3, -0.25) is 9.59 Å². The second-order valence-corrected chi connectivity index (χ2v) is 6.95. The molecule has 0 spiro atoms. The molecule has 31 heavy (non-hydrogen) atoms. The lowest BCUT2D eigenvalue weighted by Crippen LogP contribution is -2.24. The van der Waals surface area contributed by atoms with Gasteiger partial charge in [-0.2, -0.15) is 0 Å². The number of amides is 2. The van der Waals surface area contributed by atoms with Crippen molar-refractivity contribution in [2.45, 2.75) is 13.3 Å². The molecule has 160 valence electrons. The van der Waals surface area contributed by atoms with E-state index < -0.39 is 0 Å². The third-order valence-corrected chi connectivity index (χ3v) is 4.56. The number of anilines is 2. The lowest BCUT2D eigenvalue weighted by Gasteiger charge is -2.10. The Morgan fingerprint density at radius 1 is 0.871 bits per heavy atom. The summed E-state index contributed by atoms with van der Waals surface area (Å²) >= 11 is 0. The van der Waals surface area contributed by atoms with Crippen LogP contribution in [0.4, 0.5) is 11.4 Å². The molecule has 0 radical (unpaired) electrons. The van der Waals surface area contributed by atoms with Gasteiger partial charge in [0.1, 0.15) is 5.75 Å². The van der Waals surface area contributed by atoms with E-state index in [0.717, 1.165) is 17.9 Å². The second kappa shape index (κ2) is 11.4. The van der Waals surface area contributed by atoms with Gasteiger partial charge in [-0.05, 0) is 55.0 Å². The molecule has 0 unspecified atom stereocenters. The molecular formula is C25H27N3O3. The summed E-state index contributed by atoms with van der Waals surface area (Å²) in [6.45, 7) is 3.13. The first kappa shape index (κ1) is 21.9. The maximum absolute atomic E-state index is 12.2. The van der Waals surface area contributed by atoms with Gasteiger partial charge in [0.25, 0.3) is 5.91 Å². The molecule has 2 amide bonds. The van der Waals surface area contributed by atoms with Crippen molar-refractivity contribution in [3.63, 3.8) is 0 Å². The highest BCUT2D eigenvalue weighted by molar-refractivity contribution is 5.98. The van der Waals surface area contributed by atoms with Crippen LogP contribution in [0.1, 0.15) is 22.8 Å². The fourth-order valence-corrected chi connectivity index (χ4v) is 2.99. The van der Waals surface area contributed by atoms with Crippen molar-refractivity contribution in [2.75, 3.05) is 30.3 Å². The van der Waals surface area contributed by atoms with E-state index in [9.17, 15) is 9.59 Å². The Labute approximate surface area is 182 Å². The largest absolute Gasteiger partial charge is 0.493 e. The van der Waals surface area contributed by atoms with Crippen molar-refractivity contribution in [3.05, 3.63) is 90.0 Å². The van der Waals surface area contributed by atoms with Gasteiger partial charge in [0.05, 0.1) is 13.2 Å². The van der Waals surface area contributed by atoms with Crippen molar-refractivity contribution in [1.29, 1.82) is 0 Å². The summed E-state index contributed by atoms with van der Waals surface area (Å²) in [5, 5.41) is 8.62. The molecule has 3 aromatic carbocycles. The molecule has 3 N–H and O–H groups in total. The Hall–Kier alpha value is -3.80. The number of rotatable bonds is 10. The fourth-order valence-electron chi connectivity index (χ4n) is 2.99. The molecule has 0 aliphatic carbocycles. The summed E-state index contributed by atoms with van der Waals surface area (Å²) in [6.07, 6.45) is 0.850. The Morgan fingerprint density at radius 2 is 1.65 bits per heavy atom.